The third-order valence-corrected chi connectivity index (χ3v) is 6.33. The van der Waals surface area contributed by atoms with Gasteiger partial charge in [-0.2, -0.15) is 0 Å². The molecule has 31 heavy (non-hydrogen) atoms. The number of nitrogens with zero attached hydrogens (tertiary/aromatic N) is 6. The summed E-state index contributed by atoms with van der Waals surface area (Å²) in [6.45, 7) is 5.17. The summed E-state index contributed by atoms with van der Waals surface area (Å²) in [6.07, 6.45) is 7.34. The molecule has 2 amide bonds. The number of anilines is 1. The summed E-state index contributed by atoms with van der Waals surface area (Å²) in [4.78, 5) is 40.5. The summed E-state index contributed by atoms with van der Waals surface area (Å²) in [6, 6.07) is 9.70. The molecule has 2 aliphatic heterocycles. The normalized spacial score (nSPS) is 19.3. The maximum Gasteiger partial charge on any atom is 0.274 e. The Kier molecular flexibility index (Phi) is 5.05. The first-order chi connectivity index (χ1) is 15.1. The van der Waals surface area contributed by atoms with Gasteiger partial charge >= 0.3 is 0 Å². The van der Waals surface area contributed by atoms with Crippen LogP contribution < -0.4 is 4.90 Å². The first kappa shape index (κ1) is 19.5. The van der Waals surface area contributed by atoms with Crippen LogP contribution in [0.5, 0.6) is 0 Å². The molecule has 3 aromatic heterocycles. The molecule has 5 rings (SSSR count). The van der Waals surface area contributed by atoms with Crippen molar-refractivity contribution in [2.45, 2.75) is 25.8 Å². The third-order valence-electron chi connectivity index (χ3n) is 6.33. The number of hydrogen-bond acceptors (Lipinski definition) is 5. The second-order valence-corrected chi connectivity index (χ2v) is 8.13. The molecule has 160 valence electrons. The Bertz CT molecular complexity index is 1100. The van der Waals surface area contributed by atoms with E-state index in [-0.39, 0.29) is 17.9 Å². The highest BCUT2D eigenvalue weighted by atomic mass is 16.2. The van der Waals surface area contributed by atoms with Gasteiger partial charge in [0.05, 0.1) is 11.6 Å². The van der Waals surface area contributed by atoms with Crippen molar-refractivity contribution in [3.05, 3.63) is 60.4 Å². The SMILES string of the molecule is CC(=O)N1CCC[C@H]1c1nc(C(=O)N2CCN(c3ccncc3)CC2)c2ccccn12. The van der Waals surface area contributed by atoms with Gasteiger partial charge in [-0.05, 0) is 37.1 Å². The Morgan fingerprint density at radius 1 is 1.00 bits per heavy atom. The van der Waals surface area contributed by atoms with Crippen LogP contribution in [-0.2, 0) is 4.79 Å². The predicted octanol–water partition coefficient (Wildman–Crippen LogP) is 2.38. The zero-order valence-electron chi connectivity index (χ0n) is 17.6. The van der Waals surface area contributed by atoms with Crippen molar-refractivity contribution in [3.8, 4) is 0 Å². The number of hydrogen-bond donors (Lipinski definition) is 0. The number of fused-ring (bicyclic) bond motifs is 1. The molecule has 1 atom stereocenters. The Morgan fingerprint density at radius 2 is 1.77 bits per heavy atom. The van der Waals surface area contributed by atoms with Crippen molar-refractivity contribution in [2.24, 2.45) is 0 Å². The lowest BCUT2D eigenvalue weighted by atomic mass is 10.2. The van der Waals surface area contributed by atoms with Gasteiger partial charge in [-0.3, -0.25) is 14.6 Å². The van der Waals surface area contributed by atoms with Gasteiger partial charge in [-0.15, -0.1) is 0 Å². The van der Waals surface area contributed by atoms with E-state index >= 15 is 0 Å². The van der Waals surface area contributed by atoms with Gasteiger partial charge in [0, 0.05) is 63.9 Å². The van der Waals surface area contributed by atoms with Gasteiger partial charge in [0.25, 0.3) is 5.91 Å². The molecular formula is C23H26N6O2. The quantitative estimate of drug-likeness (QED) is 0.653. The van der Waals surface area contributed by atoms with E-state index in [4.69, 9.17) is 4.98 Å². The molecule has 2 aliphatic rings. The average Bonchev–Trinajstić information content (AvgIpc) is 3.44. The Labute approximate surface area is 181 Å². The number of rotatable bonds is 3. The van der Waals surface area contributed by atoms with Crippen LogP contribution >= 0.6 is 0 Å². The smallest absolute Gasteiger partial charge is 0.274 e. The summed E-state index contributed by atoms with van der Waals surface area (Å²) in [7, 11) is 0. The van der Waals surface area contributed by atoms with Crippen LogP contribution in [0, 0.1) is 0 Å². The lowest BCUT2D eigenvalue weighted by Gasteiger charge is -2.35. The van der Waals surface area contributed by atoms with Gasteiger partial charge in [0.1, 0.15) is 5.82 Å². The van der Waals surface area contributed by atoms with Crippen molar-refractivity contribution >= 4 is 23.0 Å². The zero-order chi connectivity index (χ0) is 21.4. The molecule has 0 saturated carbocycles. The average molecular weight is 419 g/mol. The van der Waals surface area contributed by atoms with Crippen LogP contribution in [0.3, 0.4) is 0 Å². The van der Waals surface area contributed by atoms with Crippen LogP contribution in [0.2, 0.25) is 0 Å². The maximum absolute atomic E-state index is 13.4. The molecule has 0 bridgehead atoms. The minimum Gasteiger partial charge on any atom is -0.368 e. The molecule has 0 aliphatic carbocycles. The summed E-state index contributed by atoms with van der Waals surface area (Å²) >= 11 is 0. The number of piperazine rings is 1. The number of carbonyl (C=O) groups excluding carboxylic acids is 2. The number of pyridine rings is 2. The first-order valence-corrected chi connectivity index (χ1v) is 10.8. The fraction of sp³-hybridized carbons (Fsp3) is 0.391. The Balaban J connectivity index is 1.40. The van der Waals surface area contributed by atoms with Crippen molar-refractivity contribution in [2.75, 3.05) is 37.6 Å². The molecule has 0 aromatic carbocycles. The minimum absolute atomic E-state index is 0.0447. The molecule has 2 saturated heterocycles. The van der Waals surface area contributed by atoms with Gasteiger partial charge in [0.2, 0.25) is 5.91 Å². The number of aromatic nitrogens is 3. The number of imidazole rings is 1. The van der Waals surface area contributed by atoms with E-state index in [0.717, 1.165) is 49.5 Å². The summed E-state index contributed by atoms with van der Waals surface area (Å²) in [5.74, 6) is 0.786. The fourth-order valence-electron chi connectivity index (χ4n) is 4.74. The monoisotopic (exact) mass is 418 g/mol. The molecule has 0 spiro atoms. The van der Waals surface area contributed by atoms with Crippen LogP contribution in [0.15, 0.2) is 48.9 Å². The van der Waals surface area contributed by atoms with Crippen molar-refractivity contribution in [1.82, 2.24) is 24.2 Å². The molecule has 2 fully saturated rings. The Morgan fingerprint density at radius 3 is 2.52 bits per heavy atom. The third kappa shape index (κ3) is 3.52. The number of carbonyl (C=O) groups is 2. The van der Waals surface area contributed by atoms with Gasteiger partial charge in [-0.25, -0.2) is 4.98 Å². The molecule has 8 heteroatoms. The van der Waals surface area contributed by atoms with Crippen LogP contribution in [0.25, 0.3) is 5.52 Å². The molecule has 3 aromatic rings. The molecule has 5 heterocycles. The minimum atomic E-state index is -0.0857. The second kappa shape index (κ2) is 8.02. The predicted molar refractivity (Wildman–Crippen MR) is 117 cm³/mol. The second-order valence-electron chi connectivity index (χ2n) is 8.13. The van der Waals surface area contributed by atoms with Gasteiger partial charge in [-0.1, -0.05) is 6.07 Å². The summed E-state index contributed by atoms with van der Waals surface area (Å²) < 4.78 is 1.98. The lowest BCUT2D eigenvalue weighted by Crippen LogP contribution is -2.49. The van der Waals surface area contributed by atoms with Crippen LogP contribution in [0.1, 0.15) is 42.1 Å². The topological polar surface area (TPSA) is 74.1 Å². The molecular weight excluding hydrogens is 392 g/mol. The molecule has 0 N–H and O–H groups in total. The summed E-state index contributed by atoms with van der Waals surface area (Å²) in [5.41, 5.74) is 2.40. The standard InChI is InChI=1S/C23H26N6O2/c1-17(30)28-12-4-6-20(28)22-25-21(19-5-2-3-11-29(19)22)23(31)27-15-13-26(14-16-27)18-7-9-24-10-8-18/h2-3,5,7-11,20H,4,6,12-16H2,1H3/t20-/m0/s1. The largest absolute Gasteiger partial charge is 0.368 e. The number of likely N-dealkylation sites (tertiary alicyclic amines) is 1. The van der Waals surface area contributed by atoms with E-state index < -0.39 is 0 Å². The van der Waals surface area contributed by atoms with Crippen molar-refractivity contribution in [1.29, 1.82) is 0 Å². The molecule has 8 nitrogen and oxygen atoms in total. The lowest BCUT2D eigenvalue weighted by molar-refractivity contribution is -0.129. The zero-order valence-corrected chi connectivity index (χ0v) is 17.6. The highest BCUT2D eigenvalue weighted by molar-refractivity contribution is 5.99. The van der Waals surface area contributed by atoms with E-state index in [0.29, 0.717) is 18.8 Å². The van der Waals surface area contributed by atoms with E-state index in [2.05, 4.69) is 9.88 Å². The van der Waals surface area contributed by atoms with Crippen LogP contribution in [0.4, 0.5) is 5.69 Å². The Hall–Kier alpha value is -3.42. The summed E-state index contributed by atoms with van der Waals surface area (Å²) in [5, 5.41) is 0. The first-order valence-electron chi connectivity index (χ1n) is 10.8. The van der Waals surface area contributed by atoms with Crippen molar-refractivity contribution < 1.29 is 9.59 Å². The number of amides is 2. The molecule has 0 unspecified atom stereocenters. The van der Waals surface area contributed by atoms with E-state index in [1.54, 1.807) is 19.3 Å². The van der Waals surface area contributed by atoms with E-state index in [1.165, 1.54) is 0 Å². The van der Waals surface area contributed by atoms with Crippen LogP contribution in [-0.4, -0.2) is 68.7 Å². The fourth-order valence-corrected chi connectivity index (χ4v) is 4.74. The van der Waals surface area contributed by atoms with Gasteiger partial charge in [0.15, 0.2) is 5.69 Å². The van der Waals surface area contributed by atoms with E-state index in [1.807, 2.05) is 50.7 Å². The highest BCUT2D eigenvalue weighted by Gasteiger charge is 2.34. The van der Waals surface area contributed by atoms with E-state index in [9.17, 15) is 9.59 Å². The molecule has 0 radical (unpaired) electrons. The van der Waals surface area contributed by atoms with Crippen molar-refractivity contribution in [3.63, 3.8) is 0 Å². The highest BCUT2D eigenvalue weighted by Crippen LogP contribution is 2.33. The van der Waals surface area contributed by atoms with Gasteiger partial charge < -0.3 is 19.1 Å². The maximum atomic E-state index is 13.4.